The number of aromatic nitrogens is 1. The molecule has 1 aromatic rings. The van der Waals surface area contributed by atoms with Gasteiger partial charge in [0.15, 0.2) is 0 Å². The largest absolute Gasteiger partial charge is 0.357 e. The molecule has 3 nitrogen and oxygen atoms in total. The molecule has 0 aliphatic carbocycles. The number of anilines is 1. The molecule has 118 valence electrons. The van der Waals surface area contributed by atoms with Crippen molar-refractivity contribution in [2.75, 3.05) is 24.5 Å². The highest BCUT2D eigenvalue weighted by Gasteiger charge is 2.28. The predicted octanol–water partition coefficient (Wildman–Crippen LogP) is 3.84. The zero-order chi connectivity index (χ0) is 15.3. The molecule has 1 N–H and O–H groups in total. The van der Waals surface area contributed by atoms with E-state index in [0.717, 1.165) is 32.0 Å². The standard InChI is InChI=1S/C18H31N3/c1-5-18(4)7-10-21(11-8-18)17-12-16(6-9-20-17)14-19-13-15(2)3/h6,9,12,15,19H,5,7-8,10-11,13-14H2,1-4H3. The van der Waals surface area contributed by atoms with Gasteiger partial charge in [-0.05, 0) is 48.4 Å². The summed E-state index contributed by atoms with van der Waals surface area (Å²) in [5, 5.41) is 3.51. The molecular weight excluding hydrogens is 258 g/mol. The maximum Gasteiger partial charge on any atom is 0.128 e. The summed E-state index contributed by atoms with van der Waals surface area (Å²) in [5.41, 5.74) is 1.87. The van der Waals surface area contributed by atoms with Gasteiger partial charge in [0.2, 0.25) is 0 Å². The molecule has 0 aromatic carbocycles. The van der Waals surface area contributed by atoms with Crippen molar-refractivity contribution in [3.63, 3.8) is 0 Å². The minimum absolute atomic E-state index is 0.535. The van der Waals surface area contributed by atoms with Crippen LogP contribution in [0.2, 0.25) is 0 Å². The minimum atomic E-state index is 0.535. The third-order valence-electron chi connectivity index (χ3n) is 4.84. The lowest BCUT2D eigenvalue weighted by molar-refractivity contribution is 0.238. The lowest BCUT2D eigenvalue weighted by Gasteiger charge is -2.39. The molecular formula is C18H31N3. The summed E-state index contributed by atoms with van der Waals surface area (Å²) < 4.78 is 0. The van der Waals surface area contributed by atoms with Crippen molar-refractivity contribution in [3.05, 3.63) is 23.9 Å². The highest BCUT2D eigenvalue weighted by Crippen LogP contribution is 2.35. The van der Waals surface area contributed by atoms with Crippen LogP contribution in [0.3, 0.4) is 0 Å². The van der Waals surface area contributed by atoms with Gasteiger partial charge in [-0.3, -0.25) is 0 Å². The molecule has 2 heterocycles. The Kier molecular flexibility index (Phi) is 5.63. The number of nitrogens with one attached hydrogen (secondary N) is 1. The first kappa shape index (κ1) is 16.3. The van der Waals surface area contributed by atoms with Gasteiger partial charge in [0, 0.05) is 25.8 Å². The van der Waals surface area contributed by atoms with E-state index < -0.39 is 0 Å². The van der Waals surface area contributed by atoms with Crippen molar-refractivity contribution in [2.24, 2.45) is 11.3 Å². The lowest BCUT2D eigenvalue weighted by Crippen LogP contribution is -2.38. The first-order valence-corrected chi connectivity index (χ1v) is 8.43. The van der Waals surface area contributed by atoms with Crippen molar-refractivity contribution in [1.29, 1.82) is 0 Å². The number of pyridine rings is 1. The molecule has 21 heavy (non-hydrogen) atoms. The molecule has 1 fully saturated rings. The van der Waals surface area contributed by atoms with Crippen LogP contribution in [0.1, 0.15) is 52.5 Å². The molecule has 0 atom stereocenters. The fourth-order valence-corrected chi connectivity index (χ4v) is 2.88. The Labute approximate surface area is 130 Å². The summed E-state index contributed by atoms with van der Waals surface area (Å²) >= 11 is 0. The van der Waals surface area contributed by atoms with Crippen LogP contribution < -0.4 is 10.2 Å². The van der Waals surface area contributed by atoms with E-state index in [2.05, 4.69) is 55.0 Å². The van der Waals surface area contributed by atoms with Crippen LogP contribution in [0.4, 0.5) is 5.82 Å². The van der Waals surface area contributed by atoms with Gasteiger partial charge in [-0.2, -0.15) is 0 Å². The fourth-order valence-electron chi connectivity index (χ4n) is 2.88. The van der Waals surface area contributed by atoms with Crippen molar-refractivity contribution >= 4 is 5.82 Å². The number of nitrogens with zero attached hydrogens (tertiary/aromatic N) is 2. The number of hydrogen-bond donors (Lipinski definition) is 1. The van der Waals surface area contributed by atoms with Crippen LogP contribution in [0.5, 0.6) is 0 Å². The van der Waals surface area contributed by atoms with Crippen molar-refractivity contribution < 1.29 is 0 Å². The first-order valence-electron chi connectivity index (χ1n) is 8.43. The van der Waals surface area contributed by atoms with Crippen molar-refractivity contribution in [3.8, 4) is 0 Å². The van der Waals surface area contributed by atoms with Gasteiger partial charge in [0.05, 0.1) is 0 Å². The van der Waals surface area contributed by atoms with Crippen LogP contribution in [-0.2, 0) is 6.54 Å². The number of rotatable bonds is 6. The van der Waals surface area contributed by atoms with E-state index in [-0.39, 0.29) is 0 Å². The topological polar surface area (TPSA) is 28.2 Å². The summed E-state index contributed by atoms with van der Waals surface area (Å²) in [6.45, 7) is 13.5. The second-order valence-corrected chi connectivity index (χ2v) is 7.20. The summed E-state index contributed by atoms with van der Waals surface area (Å²) in [7, 11) is 0. The van der Waals surface area contributed by atoms with Crippen LogP contribution >= 0.6 is 0 Å². The molecule has 0 saturated carbocycles. The van der Waals surface area contributed by atoms with Crippen molar-refractivity contribution in [2.45, 2.75) is 53.5 Å². The molecule has 0 unspecified atom stereocenters. The Balaban J connectivity index is 1.92. The van der Waals surface area contributed by atoms with E-state index in [9.17, 15) is 0 Å². The van der Waals surface area contributed by atoms with Crippen LogP contribution in [0.15, 0.2) is 18.3 Å². The Morgan fingerprint density at radius 1 is 1.33 bits per heavy atom. The van der Waals surface area contributed by atoms with Gasteiger partial charge in [0.25, 0.3) is 0 Å². The average molecular weight is 289 g/mol. The van der Waals surface area contributed by atoms with E-state index in [1.54, 1.807) is 0 Å². The van der Waals surface area contributed by atoms with Crippen LogP contribution in [-0.4, -0.2) is 24.6 Å². The van der Waals surface area contributed by atoms with Crippen molar-refractivity contribution in [1.82, 2.24) is 10.3 Å². The molecule has 2 rings (SSSR count). The Morgan fingerprint density at radius 2 is 2.05 bits per heavy atom. The van der Waals surface area contributed by atoms with Gasteiger partial charge in [-0.1, -0.05) is 34.1 Å². The molecule has 1 aliphatic heterocycles. The van der Waals surface area contributed by atoms with E-state index >= 15 is 0 Å². The summed E-state index contributed by atoms with van der Waals surface area (Å²) in [4.78, 5) is 7.03. The van der Waals surface area contributed by atoms with Gasteiger partial charge in [0.1, 0.15) is 5.82 Å². The Bertz CT molecular complexity index is 434. The first-order chi connectivity index (χ1) is 10.0. The normalized spacial score (nSPS) is 18.2. The fraction of sp³-hybridized carbons (Fsp3) is 0.722. The smallest absolute Gasteiger partial charge is 0.128 e. The van der Waals surface area contributed by atoms with Crippen LogP contribution in [0.25, 0.3) is 0 Å². The Morgan fingerprint density at radius 3 is 2.67 bits per heavy atom. The quantitative estimate of drug-likeness (QED) is 0.862. The molecule has 0 spiro atoms. The Hall–Kier alpha value is -1.09. The van der Waals surface area contributed by atoms with E-state index in [1.165, 1.54) is 24.8 Å². The molecule has 3 heteroatoms. The van der Waals surface area contributed by atoms with Gasteiger partial charge >= 0.3 is 0 Å². The highest BCUT2D eigenvalue weighted by atomic mass is 15.2. The number of piperidine rings is 1. The zero-order valence-electron chi connectivity index (χ0n) is 14.2. The minimum Gasteiger partial charge on any atom is -0.357 e. The molecule has 1 saturated heterocycles. The second kappa shape index (κ2) is 7.26. The molecule has 0 radical (unpaired) electrons. The average Bonchev–Trinajstić information content (AvgIpc) is 2.48. The van der Waals surface area contributed by atoms with E-state index in [4.69, 9.17) is 0 Å². The van der Waals surface area contributed by atoms with E-state index in [0.29, 0.717) is 11.3 Å². The maximum absolute atomic E-state index is 4.58. The summed E-state index contributed by atoms with van der Waals surface area (Å²) in [5.74, 6) is 1.84. The van der Waals surface area contributed by atoms with E-state index in [1.807, 2.05) is 6.20 Å². The monoisotopic (exact) mass is 289 g/mol. The SMILES string of the molecule is CCC1(C)CCN(c2cc(CNCC(C)C)ccn2)CC1. The summed E-state index contributed by atoms with van der Waals surface area (Å²) in [6.07, 6.45) is 5.80. The highest BCUT2D eigenvalue weighted by molar-refractivity contribution is 5.41. The lowest BCUT2D eigenvalue weighted by atomic mass is 9.78. The third kappa shape index (κ3) is 4.70. The number of hydrogen-bond acceptors (Lipinski definition) is 3. The molecule has 1 aliphatic rings. The molecule has 1 aromatic heterocycles. The maximum atomic E-state index is 4.58. The third-order valence-corrected chi connectivity index (χ3v) is 4.84. The zero-order valence-corrected chi connectivity index (χ0v) is 14.2. The molecule has 0 amide bonds. The second-order valence-electron chi connectivity index (χ2n) is 7.20. The van der Waals surface area contributed by atoms with Gasteiger partial charge in [-0.25, -0.2) is 4.98 Å². The summed E-state index contributed by atoms with van der Waals surface area (Å²) in [6, 6.07) is 4.37. The predicted molar refractivity (Wildman–Crippen MR) is 90.6 cm³/mol. The molecule has 0 bridgehead atoms. The van der Waals surface area contributed by atoms with Gasteiger partial charge in [-0.15, -0.1) is 0 Å². The van der Waals surface area contributed by atoms with Crippen LogP contribution in [0, 0.1) is 11.3 Å². The van der Waals surface area contributed by atoms with Gasteiger partial charge < -0.3 is 10.2 Å².